The number of hydrogen-bond donors (Lipinski definition) is 2. The van der Waals surface area contributed by atoms with Gasteiger partial charge >= 0.3 is 5.78 Å². The predicted octanol–water partition coefficient (Wildman–Crippen LogP) is 2.65. The third kappa shape index (κ3) is 3.15. The normalized spacial score (nSPS) is 15.3. The van der Waals surface area contributed by atoms with Crippen LogP contribution in [-0.4, -0.2) is 34.8 Å². The molecule has 0 amide bonds. The van der Waals surface area contributed by atoms with Gasteiger partial charge in [-0.3, -0.25) is 4.79 Å². The predicted molar refractivity (Wildman–Crippen MR) is 114 cm³/mol. The van der Waals surface area contributed by atoms with E-state index in [4.69, 9.17) is 0 Å². The average molecular weight is 389 g/mol. The summed E-state index contributed by atoms with van der Waals surface area (Å²) in [5.74, 6) is 1.07. The quantitative estimate of drug-likeness (QED) is 0.401. The molecule has 0 aliphatic carbocycles. The number of likely N-dealkylation sites (tertiary alicyclic amines) is 1. The molecule has 2 aromatic heterocycles. The van der Waals surface area contributed by atoms with Gasteiger partial charge < -0.3 is 4.90 Å². The van der Waals surface area contributed by atoms with Crippen LogP contribution >= 0.6 is 0 Å². The largest absolute Gasteiger partial charge is 0.369 e. The van der Waals surface area contributed by atoms with E-state index in [1.165, 1.54) is 37.9 Å². The van der Waals surface area contributed by atoms with Gasteiger partial charge in [0.25, 0.3) is 0 Å². The Morgan fingerprint density at radius 1 is 1.03 bits per heavy atom. The van der Waals surface area contributed by atoms with Crippen molar-refractivity contribution in [2.45, 2.75) is 32.7 Å². The van der Waals surface area contributed by atoms with Crippen molar-refractivity contribution in [3.63, 3.8) is 0 Å². The first-order valence-corrected chi connectivity index (χ1v) is 10.7. The van der Waals surface area contributed by atoms with E-state index < -0.39 is 0 Å². The number of benzene rings is 2. The molecular weight excluding hydrogens is 360 g/mol. The van der Waals surface area contributed by atoms with Gasteiger partial charge in [-0.1, -0.05) is 42.5 Å². The first-order chi connectivity index (χ1) is 14.2. The molecule has 0 saturated carbocycles. The number of fused-ring (bicyclic) bond motifs is 3. The Morgan fingerprint density at radius 2 is 1.76 bits per heavy atom. The summed E-state index contributed by atoms with van der Waals surface area (Å²) in [6.07, 6.45) is 4.04. The highest BCUT2D eigenvalue weighted by molar-refractivity contribution is 6.01. The second-order valence-electron chi connectivity index (χ2n) is 8.13. The Labute approximate surface area is 170 Å². The average Bonchev–Trinajstić information content (AvgIpc) is 3.29. The minimum atomic E-state index is 0.0738. The minimum absolute atomic E-state index is 0.0738. The number of quaternary nitrogens is 1. The number of hydrogen-bond acceptors (Lipinski definition) is 1. The number of ketones is 1. The van der Waals surface area contributed by atoms with Crippen molar-refractivity contribution < 1.29 is 14.3 Å². The Kier molecular flexibility index (Phi) is 4.68. The van der Waals surface area contributed by atoms with Crippen molar-refractivity contribution >= 4 is 22.6 Å². The fraction of sp³-hybridized carbons (Fsp3) is 0.333. The number of piperidine rings is 1. The van der Waals surface area contributed by atoms with E-state index in [-0.39, 0.29) is 5.78 Å². The van der Waals surface area contributed by atoms with Crippen LogP contribution in [0.25, 0.3) is 28.1 Å². The van der Waals surface area contributed by atoms with Crippen LogP contribution in [0.4, 0.5) is 0 Å². The molecule has 1 aliphatic heterocycles. The minimum Gasteiger partial charge on any atom is -0.332 e. The smallest absolute Gasteiger partial charge is 0.332 e. The number of nitrogens with zero attached hydrogens (tertiary/aromatic N) is 2. The number of imidazole rings is 2. The molecule has 1 aliphatic rings. The number of rotatable bonds is 5. The monoisotopic (exact) mass is 388 g/mol. The van der Waals surface area contributed by atoms with Gasteiger partial charge in [0.15, 0.2) is 11.5 Å². The van der Waals surface area contributed by atoms with Crippen LogP contribution in [0.3, 0.4) is 0 Å². The third-order valence-corrected chi connectivity index (χ3v) is 6.22. The maximum atomic E-state index is 12.7. The van der Waals surface area contributed by atoms with Crippen LogP contribution < -0.4 is 9.47 Å². The summed E-state index contributed by atoms with van der Waals surface area (Å²) in [6, 6.07) is 18.6. The molecule has 0 unspecified atom stereocenters. The van der Waals surface area contributed by atoms with E-state index in [0.717, 1.165) is 41.3 Å². The SMILES string of the molecule is CC(=O)c1c(-c2ccccc2)[nH]c2n1c1ccccc1[n+]2CC[NH+]1CCCCC1. The van der Waals surface area contributed by atoms with Gasteiger partial charge in [0.05, 0.1) is 13.1 Å². The van der Waals surface area contributed by atoms with E-state index in [1.807, 2.05) is 24.3 Å². The zero-order valence-corrected chi connectivity index (χ0v) is 16.9. The Morgan fingerprint density at radius 3 is 2.52 bits per heavy atom. The molecule has 5 heteroatoms. The van der Waals surface area contributed by atoms with E-state index in [1.54, 1.807) is 11.8 Å². The van der Waals surface area contributed by atoms with Crippen molar-refractivity contribution in [2.24, 2.45) is 0 Å². The number of carbonyl (C=O) groups is 1. The molecule has 0 radical (unpaired) electrons. The molecule has 1 saturated heterocycles. The van der Waals surface area contributed by atoms with Gasteiger partial charge in [0, 0.05) is 12.5 Å². The van der Waals surface area contributed by atoms with Crippen molar-refractivity contribution in [1.29, 1.82) is 0 Å². The number of carbonyl (C=O) groups excluding carboxylic acids is 1. The maximum absolute atomic E-state index is 12.7. The van der Waals surface area contributed by atoms with Gasteiger partial charge in [0.1, 0.15) is 29.8 Å². The van der Waals surface area contributed by atoms with Gasteiger partial charge in [0.2, 0.25) is 0 Å². The molecular formula is C24H28N4O+2. The molecule has 0 atom stereocenters. The summed E-state index contributed by atoms with van der Waals surface area (Å²) >= 11 is 0. The first-order valence-electron chi connectivity index (χ1n) is 10.7. The lowest BCUT2D eigenvalue weighted by Crippen LogP contribution is -3.13. The van der Waals surface area contributed by atoms with E-state index in [0.29, 0.717) is 0 Å². The summed E-state index contributed by atoms with van der Waals surface area (Å²) in [4.78, 5) is 18.0. The summed E-state index contributed by atoms with van der Waals surface area (Å²) in [6.45, 7) is 6.26. The van der Waals surface area contributed by atoms with Gasteiger partial charge in [-0.05, 0) is 31.4 Å². The molecule has 1 fully saturated rings. The summed E-state index contributed by atoms with van der Waals surface area (Å²) in [5, 5.41) is 0. The van der Waals surface area contributed by atoms with E-state index >= 15 is 0 Å². The molecule has 0 spiro atoms. The highest BCUT2D eigenvalue weighted by atomic mass is 16.1. The molecule has 5 nitrogen and oxygen atoms in total. The molecule has 0 bridgehead atoms. The fourth-order valence-corrected chi connectivity index (χ4v) is 4.81. The Balaban J connectivity index is 1.68. The number of aromatic amines is 1. The zero-order valence-electron chi connectivity index (χ0n) is 16.9. The van der Waals surface area contributed by atoms with Gasteiger partial charge in [-0.15, -0.1) is 0 Å². The van der Waals surface area contributed by atoms with E-state index in [2.05, 4.69) is 44.3 Å². The van der Waals surface area contributed by atoms with Crippen molar-refractivity contribution in [1.82, 2.24) is 9.38 Å². The Hall–Kier alpha value is -2.92. The van der Waals surface area contributed by atoms with Crippen molar-refractivity contribution in [3.05, 3.63) is 60.3 Å². The maximum Gasteiger partial charge on any atom is 0.369 e. The highest BCUT2D eigenvalue weighted by Gasteiger charge is 2.30. The standard InChI is InChI=1S/C24H26N4O/c1-18(29)23-22(19-10-4-2-5-11-19)25-24-27(17-16-26-14-8-3-9-15-26)20-12-6-7-13-21(20)28(23)24/h2,4-7,10-13H,3,8-9,14-17H2,1H3/p+2. The molecule has 2 aromatic carbocycles. The van der Waals surface area contributed by atoms with Gasteiger partial charge in [-0.2, -0.15) is 4.40 Å². The number of Topliss-reactive ketones (excluding diaryl/α,β-unsaturated/α-hetero) is 1. The molecule has 2 N–H and O–H groups in total. The van der Waals surface area contributed by atoms with Crippen LogP contribution in [0.2, 0.25) is 0 Å². The number of para-hydroxylation sites is 2. The number of aromatic nitrogens is 3. The molecule has 4 aromatic rings. The van der Waals surface area contributed by atoms with Crippen LogP contribution in [-0.2, 0) is 6.54 Å². The van der Waals surface area contributed by atoms with E-state index in [9.17, 15) is 4.79 Å². The van der Waals surface area contributed by atoms with Crippen LogP contribution in [0, 0.1) is 0 Å². The highest BCUT2D eigenvalue weighted by Crippen LogP contribution is 2.27. The summed E-state index contributed by atoms with van der Waals surface area (Å²) in [7, 11) is 0. The molecule has 5 rings (SSSR count). The number of H-pyrrole nitrogens is 1. The third-order valence-electron chi connectivity index (χ3n) is 6.22. The second kappa shape index (κ2) is 7.48. The number of nitrogens with one attached hydrogen (secondary N) is 2. The lowest BCUT2D eigenvalue weighted by Gasteiger charge is -2.22. The Bertz CT molecular complexity index is 1170. The fourth-order valence-electron chi connectivity index (χ4n) is 4.81. The lowest BCUT2D eigenvalue weighted by atomic mass is 10.1. The van der Waals surface area contributed by atoms with Crippen molar-refractivity contribution in [3.8, 4) is 11.3 Å². The van der Waals surface area contributed by atoms with Crippen LogP contribution in [0.5, 0.6) is 0 Å². The second-order valence-corrected chi connectivity index (χ2v) is 8.13. The lowest BCUT2D eigenvalue weighted by molar-refractivity contribution is -0.920. The van der Waals surface area contributed by atoms with Crippen LogP contribution in [0.15, 0.2) is 54.6 Å². The first kappa shape index (κ1) is 18.1. The summed E-state index contributed by atoms with van der Waals surface area (Å²) in [5.41, 5.74) is 4.93. The topological polar surface area (TPSA) is 45.6 Å². The van der Waals surface area contributed by atoms with Crippen molar-refractivity contribution in [2.75, 3.05) is 19.6 Å². The molecule has 29 heavy (non-hydrogen) atoms. The summed E-state index contributed by atoms with van der Waals surface area (Å²) < 4.78 is 4.47. The van der Waals surface area contributed by atoms with Gasteiger partial charge in [-0.25, -0.2) is 9.55 Å². The molecule has 3 heterocycles. The zero-order chi connectivity index (χ0) is 19.8. The molecule has 148 valence electrons. The van der Waals surface area contributed by atoms with Crippen LogP contribution in [0.1, 0.15) is 36.7 Å².